The molecule has 7 rings (SSSR count). The zero-order valence-corrected chi connectivity index (χ0v) is 19.5. The zero-order valence-electron chi connectivity index (χ0n) is 18.7. The van der Waals surface area contributed by atoms with Crippen molar-refractivity contribution in [2.45, 2.75) is 38.9 Å². The maximum atomic E-state index is 6.51. The summed E-state index contributed by atoms with van der Waals surface area (Å²) >= 11 is 1.89. The van der Waals surface area contributed by atoms with Gasteiger partial charge in [0.15, 0.2) is 0 Å². The van der Waals surface area contributed by atoms with E-state index in [1.54, 1.807) is 0 Å². The normalized spacial score (nSPS) is 18.2. The molecule has 0 aliphatic carbocycles. The molecule has 1 saturated heterocycles. The van der Waals surface area contributed by atoms with Crippen molar-refractivity contribution < 1.29 is 9.31 Å². The summed E-state index contributed by atoms with van der Waals surface area (Å²) in [6.07, 6.45) is 0. The summed E-state index contributed by atoms with van der Waals surface area (Å²) in [4.78, 5) is 0. The highest BCUT2D eigenvalue weighted by molar-refractivity contribution is 7.26. The largest absolute Gasteiger partial charge is 0.495 e. The third-order valence-corrected chi connectivity index (χ3v) is 8.79. The van der Waals surface area contributed by atoms with E-state index in [1.165, 1.54) is 52.5 Å². The summed E-state index contributed by atoms with van der Waals surface area (Å²) in [6, 6.07) is 24.5. The summed E-state index contributed by atoms with van der Waals surface area (Å²) in [6.45, 7) is 8.47. The molecule has 0 N–H and O–H groups in total. The molecule has 0 atom stereocenters. The zero-order chi connectivity index (χ0) is 21.8. The molecule has 1 fully saturated rings. The third-order valence-electron chi connectivity index (χ3n) is 7.67. The number of rotatable bonds is 1. The molecule has 0 bridgehead atoms. The van der Waals surface area contributed by atoms with E-state index in [0.717, 1.165) is 5.46 Å². The minimum atomic E-state index is -0.394. The van der Waals surface area contributed by atoms with Crippen LogP contribution in [0.3, 0.4) is 0 Å². The van der Waals surface area contributed by atoms with Crippen LogP contribution in [-0.4, -0.2) is 18.3 Å². The highest BCUT2D eigenvalue weighted by Gasteiger charge is 2.52. The van der Waals surface area contributed by atoms with Gasteiger partial charge < -0.3 is 9.31 Å². The Morgan fingerprint density at radius 1 is 0.594 bits per heavy atom. The lowest BCUT2D eigenvalue weighted by Crippen LogP contribution is -2.41. The van der Waals surface area contributed by atoms with Gasteiger partial charge in [0, 0.05) is 20.2 Å². The van der Waals surface area contributed by atoms with Crippen LogP contribution in [0, 0.1) is 0 Å². The van der Waals surface area contributed by atoms with Gasteiger partial charge in [-0.05, 0) is 77.6 Å². The predicted molar refractivity (Wildman–Crippen MR) is 139 cm³/mol. The summed E-state index contributed by atoms with van der Waals surface area (Å²) in [5.74, 6) is 0. The summed E-state index contributed by atoms with van der Waals surface area (Å²) in [5.41, 5.74) is 0.364. The quantitative estimate of drug-likeness (QED) is 0.200. The van der Waals surface area contributed by atoms with Crippen LogP contribution in [0.25, 0.3) is 52.5 Å². The fourth-order valence-corrected chi connectivity index (χ4v) is 6.53. The average Bonchev–Trinajstić information content (AvgIpc) is 3.26. The van der Waals surface area contributed by atoms with E-state index < -0.39 is 7.12 Å². The average molecular weight is 434 g/mol. The molecule has 2 heterocycles. The minimum Gasteiger partial charge on any atom is -0.399 e. The second kappa shape index (κ2) is 6.02. The number of thiophene rings is 1. The molecule has 0 saturated carbocycles. The summed E-state index contributed by atoms with van der Waals surface area (Å²) in [7, 11) is -0.394. The smallest absolute Gasteiger partial charge is 0.399 e. The van der Waals surface area contributed by atoms with Gasteiger partial charge in [-0.25, -0.2) is 0 Å². The number of fused-ring (bicyclic) bond motifs is 5. The Hall–Kier alpha value is -2.66. The number of hydrogen-bond donors (Lipinski definition) is 0. The van der Waals surface area contributed by atoms with E-state index in [9.17, 15) is 0 Å². The van der Waals surface area contributed by atoms with Gasteiger partial charge >= 0.3 is 7.12 Å². The molecule has 2 nitrogen and oxygen atoms in total. The standard InChI is InChI=1S/C28H23BO2S/c1-27(2)28(3,4)31-29(30-27)21-15-20-18-11-7-13-22-25(18)26-19(12-8-14-23(26)32-22)24(20)17-10-6-5-9-16(17)21/h5-15H,1-4H3. The predicted octanol–water partition coefficient (Wildman–Crippen LogP) is 7.25. The molecule has 0 spiro atoms. The fraction of sp³-hybridized carbons (Fsp3) is 0.214. The Morgan fingerprint density at radius 2 is 1.12 bits per heavy atom. The Morgan fingerprint density at radius 3 is 1.81 bits per heavy atom. The van der Waals surface area contributed by atoms with E-state index in [2.05, 4.69) is 94.4 Å². The molecule has 156 valence electrons. The first kappa shape index (κ1) is 18.9. The van der Waals surface area contributed by atoms with E-state index in [0.29, 0.717) is 0 Å². The molecule has 1 aliphatic rings. The van der Waals surface area contributed by atoms with Gasteiger partial charge in [0.05, 0.1) is 11.2 Å². The topological polar surface area (TPSA) is 18.5 Å². The Bertz CT molecular complexity index is 1680. The summed E-state index contributed by atoms with van der Waals surface area (Å²) in [5, 5.41) is 10.5. The maximum absolute atomic E-state index is 6.51. The van der Waals surface area contributed by atoms with Crippen LogP contribution in [0.1, 0.15) is 27.7 Å². The number of hydrogen-bond acceptors (Lipinski definition) is 3. The van der Waals surface area contributed by atoms with Crippen molar-refractivity contribution in [2.24, 2.45) is 0 Å². The lowest BCUT2D eigenvalue weighted by molar-refractivity contribution is 0.00578. The van der Waals surface area contributed by atoms with Crippen molar-refractivity contribution in [3.8, 4) is 0 Å². The number of benzene rings is 5. The van der Waals surface area contributed by atoms with E-state index in [4.69, 9.17) is 9.31 Å². The van der Waals surface area contributed by atoms with Crippen LogP contribution >= 0.6 is 11.3 Å². The van der Waals surface area contributed by atoms with Crippen LogP contribution in [0.5, 0.6) is 0 Å². The Labute approximate surface area is 191 Å². The molecular formula is C28H23BO2S. The first-order chi connectivity index (χ1) is 15.4. The van der Waals surface area contributed by atoms with Crippen LogP contribution in [0.15, 0.2) is 66.7 Å². The van der Waals surface area contributed by atoms with Crippen molar-refractivity contribution >= 4 is 76.4 Å². The van der Waals surface area contributed by atoms with Crippen molar-refractivity contribution in [2.75, 3.05) is 0 Å². The molecule has 32 heavy (non-hydrogen) atoms. The van der Waals surface area contributed by atoms with Gasteiger partial charge in [-0.3, -0.25) is 0 Å². The van der Waals surface area contributed by atoms with E-state index >= 15 is 0 Å². The molecule has 4 heteroatoms. The van der Waals surface area contributed by atoms with Crippen molar-refractivity contribution in [3.05, 3.63) is 66.7 Å². The molecule has 0 radical (unpaired) electrons. The molecular weight excluding hydrogens is 411 g/mol. The highest BCUT2D eigenvalue weighted by Crippen LogP contribution is 2.46. The van der Waals surface area contributed by atoms with E-state index in [-0.39, 0.29) is 11.2 Å². The molecule has 0 unspecified atom stereocenters. The monoisotopic (exact) mass is 434 g/mol. The second-order valence-corrected chi connectivity index (χ2v) is 11.1. The van der Waals surface area contributed by atoms with Crippen LogP contribution in [0.4, 0.5) is 0 Å². The van der Waals surface area contributed by atoms with Crippen molar-refractivity contribution in [3.63, 3.8) is 0 Å². The van der Waals surface area contributed by atoms with Crippen LogP contribution in [-0.2, 0) is 9.31 Å². The van der Waals surface area contributed by atoms with Gasteiger partial charge in [-0.2, -0.15) is 0 Å². The Kier molecular flexibility index (Phi) is 3.55. The fourth-order valence-electron chi connectivity index (χ4n) is 5.37. The minimum absolute atomic E-state index is 0.374. The van der Waals surface area contributed by atoms with Crippen LogP contribution in [0.2, 0.25) is 0 Å². The first-order valence-corrected chi connectivity index (χ1v) is 12.0. The molecule has 5 aromatic carbocycles. The lowest BCUT2D eigenvalue weighted by Gasteiger charge is -2.32. The summed E-state index contributed by atoms with van der Waals surface area (Å²) < 4.78 is 15.7. The molecule has 0 amide bonds. The van der Waals surface area contributed by atoms with E-state index in [1.807, 2.05) is 11.3 Å². The Balaban J connectivity index is 1.68. The highest BCUT2D eigenvalue weighted by atomic mass is 32.1. The second-order valence-electron chi connectivity index (χ2n) is 9.98. The van der Waals surface area contributed by atoms with Gasteiger partial charge in [0.25, 0.3) is 0 Å². The van der Waals surface area contributed by atoms with Crippen LogP contribution < -0.4 is 5.46 Å². The maximum Gasteiger partial charge on any atom is 0.495 e. The van der Waals surface area contributed by atoms with Gasteiger partial charge in [0.1, 0.15) is 0 Å². The molecule has 1 aromatic heterocycles. The third kappa shape index (κ3) is 2.27. The van der Waals surface area contributed by atoms with Gasteiger partial charge in [-0.1, -0.05) is 54.6 Å². The van der Waals surface area contributed by atoms with Crippen molar-refractivity contribution in [1.82, 2.24) is 0 Å². The van der Waals surface area contributed by atoms with Gasteiger partial charge in [0.2, 0.25) is 0 Å². The SMILES string of the molecule is CC1(C)OB(c2cc3c4cccc5sc6cccc(c3c3ccccc23)c6c54)OC1(C)C. The van der Waals surface area contributed by atoms with Crippen molar-refractivity contribution in [1.29, 1.82) is 0 Å². The molecule has 1 aliphatic heterocycles. The van der Waals surface area contributed by atoms with Gasteiger partial charge in [-0.15, -0.1) is 11.3 Å². The molecule has 6 aromatic rings. The first-order valence-electron chi connectivity index (χ1n) is 11.2. The lowest BCUT2D eigenvalue weighted by atomic mass is 9.74.